The summed E-state index contributed by atoms with van der Waals surface area (Å²) >= 11 is 0. The van der Waals surface area contributed by atoms with Gasteiger partial charge < -0.3 is 10.3 Å². The molecule has 2 heteroatoms. The van der Waals surface area contributed by atoms with E-state index in [4.69, 9.17) is 5.73 Å². The number of nitrogens with two attached hydrogens (primary N) is 1. The lowest BCUT2D eigenvalue weighted by atomic mass is 10.4. The molecule has 2 nitrogen and oxygen atoms in total. The Balaban J connectivity index is 3.01. The molecule has 2 N–H and O–H groups in total. The Morgan fingerprint density at radius 2 is 2.33 bits per heavy atom. The number of nitrogen functional groups attached to an aromatic ring is 1. The first-order valence-electron chi connectivity index (χ1n) is 3.16. The number of hydrogen-bond donors (Lipinski definition) is 1. The van der Waals surface area contributed by atoms with Gasteiger partial charge in [-0.25, -0.2) is 0 Å². The fourth-order valence-corrected chi connectivity index (χ4v) is 0.948. The van der Waals surface area contributed by atoms with Crippen LogP contribution in [0.25, 0.3) is 0 Å². The van der Waals surface area contributed by atoms with Crippen LogP contribution in [-0.2, 0) is 6.54 Å². The maximum atomic E-state index is 5.61. The van der Waals surface area contributed by atoms with Gasteiger partial charge in [0.1, 0.15) is 5.82 Å². The van der Waals surface area contributed by atoms with Crippen LogP contribution in [0.15, 0.2) is 12.3 Å². The SMILES string of the molecule is CCn1cc(C)cc1N. The molecule has 0 amide bonds. The maximum absolute atomic E-state index is 5.61. The molecule has 0 aliphatic rings. The molecule has 1 aromatic rings. The zero-order valence-corrected chi connectivity index (χ0v) is 5.89. The normalized spacial score (nSPS) is 10.0. The smallest absolute Gasteiger partial charge is 0.103 e. The Morgan fingerprint density at radius 1 is 1.67 bits per heavy atom. The van der Waals surface area contributed by atoms with Gasteiger partial charge in [-0.2, -0.15) is 0 Å². The molecule has 50 valence electrons. The minimum Gasteiger partial charge on any atom is -0.385 e. The lowest BCUT2D eigenvalue weighted by Gasteiger charge is -1.97. The first kappa shape index (κ1) is 6.20. The molecular formula is C7H12N2. The van der Waals surface area contributed by atoms with E-state index in [-0.39, 0.29) is 0 Å². The van der Waals surface area contributed by atoms with E-state index in [0.29, 0.717) is 0 Å². The highest BCUT2D eigenvalue weighted by Crippen LogP contribution is 2.07. The molecule has 1 aromatic heterocycles. The van der Waals surface area contributed by atoms with Gasteiger partial charge in [0.25, 0.3) is 0 Å². The number of hydrogen-bond acceptors (Lipinski definition) is 1. The van der Waals surface area contributed by atoms with Crippen LogP contribution in [0.2, 0.25) is 0 Å². The summed E-state index contributed by atoms with van der Waals surface area (Å²) < 4.78 is 2.02. The van der Waals surface area contributed by atoms with E-state index in [9.17, 15) is 0 Å². The van der Waals surface area contributed by atoms with Gasteiger partial charge in [0.15, 0.2) is 0 Å². The molecule has 0 radical (unpaired) electrons. The number of rotatable bonds is 1. The molecule has 9 heavy (non-hydrogen) atoms. The lowest BCUT2D eigenvalue weighted by Crippen LogP contribution is -1.97. The van der Waals surface area contributed by atoms with Crippen LogP contribution >= 0.6 is 0 Å². The molecule has 0 saturated heterocycles. The molecule has 0 unspecified atom stereocenters. The molecular weight excluding hydrogens is 112 g/mol. The van der Waals surface area contributed by atoms with Crippen molar-refractivity contribution in [3.63, 3.8) is 0 Å². The van der Waals surface area contributed by atoms with Crippen molar-refractivity contribution in [1.82, 2.24) is 4.57 Å². The highest BCUT2D eigenvalue weighted by molar-refractivity contribution is 5.34. The summed E-state index contributed by atoms with van der Waals surface area (Å²) in [6.07, 6.45) is 2.05. The topological polar surface area (TPSA) is 30.9 Å². The molecule has 0 aromatic carbocycles. The monoisotopic (exact) mass is 124 g/mol. The van der Waals surface area contributed by atoms with E-state index < -0.39 is 0 Å². The molecule has 0 aliphatic carbocycles. The van der Waals surface area contributed by atoms with E-state index >= 15 is 0 Å². The largest absolute Gasteiger partial charge is 0.385 e. The predicted octanol–water partition coefficient (Wildman–Crippen LogP) is 1.40. The lowest BCUT2D eigenvalue weighted by molar-refractivity contribution is 0.778. The van der Waals surface area contributed by atoms with Crippen molar-refractivity contribution in [2.45, 2.75) is 20.4 Å². The Morgan fingerprint density at radius 3 is 2.56 bits per heavy atom. The summed E-state index contributed by atoms with van der Waals surface area (Å²) in [5.41, 5.74) is 6.85. The van der Waals surface area contributed by atoms with Crippen LogP contribution in [0.3, 0.4) is 0 Å². The predicted molar refractivity (Wildman–Crippen MR) is 39.3 cm³/mol. The third kappa shape index (κ3) is 1.07. The second-order valence-corrected chi connectivity index (χ2v) is 2.23. The van der Waals surface area contributed by atoms with Crippen molar-refractivity contribution in [2.24, 2.45) is 0 Å². The minimum atomic E-state index is 0.856. The molecule has 0 bridgehead atoms. The summed E-state index contributed by atoms with van der Waals surface area (Å²) in [6.45, 7) is 5.08. The van der Waals surface area contributed by atoms with E-state index in [1.807, 2.05) is 17.6 Å². The van der Waals surface area contributed by atoms with Crippen LogP contribution in [0.1, 0.15) is 12.5 Å². The molecule has 0 fully saturated rings. The maximum Gasteiger partial charge on any atom is 0.103 e. The number of anilines is 1. The van der Waals surface area contributed by atoms with Crippen molar-refractivity contribution in [1.29, 1.82) is 0 Å². The van der Waals surface area contributed by atoms with Gasteiger partial charge in [-0.15, -0.1) is 0 Å². The third-order valence-electron chi connectivity index (χ3n) is 1.41. The molecule has 0 aliphatic heterocycles. The zero-order chi connectivity index (χ0) is 6.85. The van der Waals surface area contributed by atoms with Crippen LogP contribution in [0.5, 0.6) is 0 Å². The first-order valence-corrected chi connectivity index (χ1v) is 3.16. The standard InChI is InChI=1S/C7H12N2/c1-3-9-5-6(2)4-7(9)8/h4-5H,3,8H2,1-2H3. The van der Waals surface area contributed by atoms with Gasteiger partial charge in [-0.05, 0) is 25.5 Å². The zero-order valence-electron chi connectivity index (χ0n) is 5.89. The Kier molecular flexibility index (Phi) is 1.47. The molecule has 0 spiro atoms. The van der Waals surface area contributed by atoms with Gasteiger partial charge in [-0.1, -0.05) is 0 Å². The second kappa shape index (κ2) is 2.13. The average molecular weight is 124 g/mol. The molecule has 0 saturated carbocycles. The average Bonchev–Trinajstić information content (AvgIpc) is 2.10. The third-order valence-corrected chi connectivity index (χ3v) is 1.41. The Bertz CT molecular complexity index is 201. The Labute approximate surface area is 55.3 Å². The van der Waals surface area contributed by atoms with E-state index in [1.165, 1.54) is 5.56 Å². The van der Waals surface area contributed by atoms with Gasteiger partial charge in [0.05, 0.1) is 0 Å². The van der Waals surface area contributed by atoms with Crippen LogP contribution in [-0.4, -0.2) is 4.57 Å². The second-order valence-electron chi connectivity index (χ2n) is 2.23. The quantitative estimate of drug-likeness (QED) is 0.602. The van der Waals surface area contributed by atoms with Crippen LogP contribution in [0.4, 0.5) is 5.82 Å². The van der Waals surface area contributed by atoms with Crippen molar-refractivity contribution in [2.75, 3.05) is 5.73 Å². The number of nitrogens with zero attached hydrogens (tertiary/aromatic N) is 1. The first-order chi connectivity index (χ1) is 4.24. The highest BCUT2D eigenvalue weighted by Gasteiger charge is 1.94. The van der Waals surface area contributed by atoms with Crippen molar-refractivity contribution in [3.05, 3.63) is 17.8 Å². The minimum absolute atomic E-state index is 0.856. The molecule has 1 rings (SSSR count). The van der Waals surface area contributed by atoms with Gasteiger partial charge in [0.2, 0.25) is 0 Å². The molecule has 1 heterocycles. The molecule has 0 atom stereocenters. The summed E-state index contributed by atoms with van der Waals surface area (Å²) in [5.74, 6) is 0.856. The summed E-state index contributed by atoms with van der Waals surface area (Å²) in [5, 5.41) is 0. The van der Waals surface area contributed by atoms with Crippen LogP contribution in [0, 0.1) is 6.92 Å². The van der Waals surface area contributed by atoms with E-state index in [0.717, 1.165) is 12.4 Å². The van der Waals surface area contributed by atoms with Gasteiger partial charge >= 0.3 is 0 Å². The summed E-state index contributed by atoms with van der Waals surface area (Å²) in [6, 6.07) is 1.98. The Hall–Kier alpha value is -0.920. The van der Waals surface area contributed by atoms with E-state index in [1.54, 1.807) is 0 Å². The van der Waals surface area contributed by atoms with Gasteiger partial charge in [0, 0.05) is 12.7 Å². The van der Waals surface area contributed by atoms with Gasteiger partial charge in [-0.3, -0.25) is 0 Å². The number of aryl methyl sites for hydroxylation is 2. The van der Waals surface area contributed by atoms with Crippen molar-refractivity contribution in [3.8, 4) is 0 Å². The highest BCUT2D eigenvalue weighted by atomic mass is 15.0. The van der Waals surface area contributed by atoms with Crippen molar-refractivity contribution >= 4 is 5.82 Å². The van der Waals surface area contributed by atoms with E-state index in [2.05, 4.69) is 13.1 Å². The van der Waals surface area contributed by atoms with Crippen LogP contribution < -0.4 is 5.73 Å². The van der Waals surface area contributed by atoms with Crippen molar-refractivity contribution < 1.29 is 0 Å². The fourth-order valence-electron chi connectivity index (χ4n) is 0.948. The summed E-state index contributed by atoms with van der Waals surface area (Å²) in [7, 11) is 0. The fraction of sp³-hybridized carbons (Fsp3) is 0.429. The summed E-state index contributed by atoms with van der Waals surface area (Å²) in [4.78, 5) is 0. The number of aromatic nitrogens is 1.